The molecule has 0 atom stereocenters. The van der Waals surface area contributed by atoms with E-state index in [2.05, 4.69) is 15.4 Å². The molecular weight excluding hydrogens is 188 g/mol. The fourth-order valence-electron chi connectivity index (χ4n) is 1.51. The molecule has 0 fully saturated rings. The fourth-order valence-corrected chi connectivity index (χ4v) is 1.51. The molecule has 1 N–H and O–H groups in total. The lowest BCUT2D eigenvalue weighted by atomic mass is 10.2. The first-order chi connectivity index (χ1) is 7.31. The molecule has 0 spiro atoms. The first-order valence-electron chi connectivity index (χ1n) is 4.91. The second kappa shape index (κ2) is 4.23. The third-order valence-corrected chi connectivity index (χ3v) is 2.17. The predicted octanol–water partition coefficient (Wildman–Crippen LogP) is 1.20. The number of aromatic nitrogens is 3. The van der Waals surface area contributed by atoms with Crippen LogP contribution in [0.15, 0.2) is 30.3 Å². The summed E-state index contributed by atoms with van der Waals surface area (Å²) in [6.07, 6.45) is 0. The molecule has 1 heterocycles. The van der Waals surface area contributed by atoms with Crippen molar-refractivity contribution < 1.29 is 0 Å². The van der Waals surface area contributed by atoms with E-state index in [0.717, 1.165) is 17.2 Å². The number of hydrogen-bond donors (Lipinski definition) is 1. The van der Waals surface area contributed by atoms with Crippen molar-refractivity contribution in [2.24, 2.45) is 7.05 Å². The van der Waals surface area contributed by atoms with Crippen molar-refractivity contribution in [2.75, 3.05) is 7.05 Å². The van der Waals surface area contributed by atoms with E-state index >= 15 is 0 Å². The molecule has 0 saturated heterocycles. The zero-order valence-electron chi connectivity index (χ0n) is 8.94. The van der Waals surface area contributed by atoms with Crippen LogP contribution in [0.3, 0.4) is 0 Å². The summed E-state index contributed by atoms with van der Waals surface area (Å²) in [5.74, 6) is 1.72. The van der Waals surface area contributed by atoms with Gasteiger partial charge >= 0.3 is 0 Å². The largest absolute Gasteiger partial charge is 0.313 e. The minimum absolute atomic E-state index is 0.695. The molecule has 2 rings (SSSR count). The Morgan fingerprint density at radius 2 is 2.00 bits per heavy atom. The molecule has 15 heavy (non-hydrogen) atoms. The minimum Gasteiger partial charge on any atom is -0.313 e. The molecule has 1 aromatic carbocycles. The van der Waals surface area contributed by atoms with Gasteiger partial charge in [-0.3, -0.25) is 0 Å². The molecule has 1 aromatic heterocycles. The molecule has 0 unspecified atom stereocenters. The normalized spacial score (nSPS) is 10.5. The standard InChI is InChI=1S/C11H14N4/c1-12-8-10-13-11(15(2)14-10)9-6-4-3-5-7-9/h3-7,12H,8H2,1-2H3. The fraction of sp³-hybridized carbons (Fsp3) is 0.273. The van der Waals surface area contributed by atoms with Gasteiger partial charge in [0.25, 0.3) is 0 Å². The van der Waals surface area contributed by atoms with Crippen LogP contribution in [-0.2, 0) is 13.6 Å². The van der Waals surface area contributed by atoms with Crippen molar-refractivity contribution >= 4 is 0 Å². The number of rotatable bonds is 3. The smallest absolute Gasteiger partial charge is 0.165 e. The minimum atomic E-state index is 0.695. The van der Waals surface area contributed by atoms with E-state index in [1.54, 1.807) is 0 Å². The number of nitrogens with zero attached hydrogens (tertiary/aromatic N) is 3. The average molecular weight is 202 g/mol. The van der Waals surface area contributed by atoms with Gasteiger partial charge in [-0.05, 0) is 7.05 Å². The summed E-state index contributed by atoms with van der Waals surface area (Å²) in [5, 5.41) is 7.36. The van der Waals surface area contributed by atoms with Crippen molar-refractivity contribution in [3.8, 4) is 11.4 Å². The maximum absolute atomic E-state index is 4.46. The summed E-state index contributed by atoms with van der Waals surface area (Å²) < 4.78 is 1.81. The molecule has 4 heteroatoms. The molecule has 0 radical (unpaired) electrons. The van der Waals surface area contributed by atoms with Gasteiger partial charge in [-0.2, -0.15) is 5.10 Å². The number of aryl methyl sites for hydroxylation is 1. The monoisotopic (exact) mass is 202 g/mol. The van der Waals surface area contributed by atoms with Crippen molar-refractivity contribution in [1.29, 1.82) is 0 Å². The lowest BCUT2D eigenvalue weighted by molar-refractivity contribution is 0.711. The van der Waals surface area contributed by atoms with Gasteiger partial charge in [0.15, 0.2) is 11.6 Å². The first kappa shape index (κ1) is 9.86. The van der Waals surface area contributed by atoms with Crippen molar-refractivity contribution in [3.63, 3.8) is 0 Å². The summed E-state index contributed by atoms with van der Waals surface area (Å²) in [5.41, 5.74) is 1.09. The number of benzene rings is 1. The Kier molecular flexibility index (Phi) is 2.78. The Hall–Kier alpha value is -1.68. The van der Waals surface area contributed by atoms with Gasteiger partial charge in [0.1, 0.15) is 0 Å². The first-order valence-corrected chi connectivity index (χ1v) is 4.91. The molecule has 0 saturated carbocycles. The van der Waals surface area contributed by atoms with E-state index in [9.17, 15) is 0 Å². The van der Waals surface area contributed by atoms with E-state index in [0.29, 0.717) is 6.54 Å². The highest BCUT2D eigenvalue weighted by atomic mass is 15.3. The molecule has 0 bridgehead atoms. The maximum Gasteiger partial charge on any atom is 0.165 e. The van der Waals surface area contributed by atoms with E-state index in [1.165, 1.54) is 0 Å². The summed E-state index contributed by atoms with van der Waals surface area (Å²) in [7, 11) is 3.80. The zero-order valence-corrected chi connectivity index (χ0v) is 8.94. The van der Waals surface area contributed by atoms with E-state index < -0.39 is 0 Å². The third-order valence-electron chi connectivity index (χ3n) is 2.17. The van der Waals surface area contributed by atoms with Crippen LogP contribution >= 0.6 is 0 Å². The van der Waals surface area contributed by atoms with Gasteiger partial charge in [0, 0.05) is 12.6 Å². The second-order valence-corrected chi connectivity index (χ2v) is 3.37. The number of nitrogens with one attached hydrogen (secondary N) is 1. The molecule has 4 nitrogen and oxygen atoms in total. The summed E-state index contributed by atoms with van der Waals surface area (Å²) in [6, 6.07) is 10.1. The zero-order chi connectivity index (χ0) is 10.7. The molecule has 78 valence electrons. The molecule has 0 amide bonds. The van der Waals surface area contributed by atoms with Crippen LogP contribution in [0.4, 0.5) is 0 Å². The second-order valence-electron chi connectivity index (χ2n) is 3.37. The van der Waals surface area contributed by atoms with Gasteiger partial charge in [-0.15, -0.1) is 0 Å². The van der Waals surface area contributed by atoms with Crippen molar-refractivity contribution in [1.82, 2.24) is 20.1 Å². The Labute approximate surface area is 89.0 Å². The summed E-state index contributed by atoms with van der Waals surface area (Å²) >= 11 is 0. The van der Waals surface area contributed by atoms with Crippen molar-refractivity contribution in [2.45, 2.75) is 6.54 Å². The lowest BCUT2D eigenvalue weighted by Gasteiger charge is -1.97. The van der Waals surface area contributed by atoms with Gasteiger partial charge in [0.05, 0.1) is 6.54 Å². The molecular formula is C11H14N4. The third kappa shape index (κ3) is 2.05. The maximum atomic E-state index is 4.46. The van der Waals surface area contributed by atoms with Crippen LogP contribution in [0, 0.1) is 0 Å². The Morgan fingerprint density at radius 1 is 1.27 bits per heavy atom. The van der Waals surface area contributed by atoms with Crippen LogP contribution in [0.2, 0.25) is 0 Å². The average Bonchev–Trinajstić information content (AvgIpc) is 2.61. The molecule has 0 aliphatic heterocycles. The van der Waals surface area contributed by atoms with Crippen LogP contribution in [0.5, 0.6) is 0 Å². The Morgan fingerprint density at radius 3 is 2.67 bits per heavy atom. The predicted molar refractivity (Wildman–Crippen MR) is 59.2 cm³/mol. The summed E-state index contributed by atoms with van der Waals surface area (Å²) in [4.78, 5) is 4.46. The van der Waals surface area contributed by atoms with Crippen LogP contribution in [0.1, 0.15) is 5.82 Å². The number of hydrogen-bond acceptors (Lipinski definition) is 3. The Bertz CT molecular complexity index is 433. The van der Waals surface area contributed by atoms with Crippen LogP contribution in [-0.4, -0.2) is 21.8 Å². The highest BCUT2D eigenvalue weighted by molar-refractivity contribution is 5.54. The van der Waals surface area contributed by atoms with Gasteiger partial charge in [-0.25, -0.2) is 9.67 Å². The highest BCUT2D eigenvalue weighted by Crippen LogP contribution is 2.15. The van der Waals surface area contributed by atoms with Crippen LogP contribution in [0.25, 0.3) is 11.4 Å². The lowest BCUT2D eigenvalue weighted by Crippen LogP contribution is -2.06. The quantitative estimate of drug-likeness (QED) is 0.813. The highest BCUT2D eigenvalue weighted by Gasteiger charge is 2.07. The van der Waals surface area contributed by atoms with E-state index in [-0.39, 0.29) is 0 Å². The van der Waals surface area contributed by atoms with Gasteiger partial charge in [-0.1, -0.05) is 30.3 Å². The molecule has 0 aliphatic rings. The van der Waals surface area contributed by atoms with E-state index in [1.807, 2.05) is 49.1 Å². The summed E-state index contributed by atoms with van der Waals surface area (Å²) in [6.45, 7) is 0.695. The van der Waals surface area contributed by atoms with Gasteiger partial charge in [0.2, 0.25) is 0 Å². The topological polar surface area (TPSA) is 42.7 Å². The van der Waals surface area contributed by atoms with Crippen molar-refractivity contribution in [3.05, 3.63) is 36.2 Å². The molecule has 2 aromatic rings. The van der Waals surface area contributed by atoms with Gasteiger partial charge < -0.3 is 5.32 Å². The molecule has 0 aliphatic carbocycles. The SMILES string of the molecule is CNCc1nc(-c2ccccc2)n(C)n1. The Balaban J connectivity index is 2.36. The van der Waals surface area contributed by atoms with E-state index in [4.69, 9.17) is 0 Å². The van der Waals surface area contributed by atoms with Crippen LogP contribution < -0.4 is 5.32 Å².